The summed E-state index contributed by atoms with van der Waals surface area (Å²) in [7, 11) is 0. The van der Waals surface area contributed by atoms with Gasteiger partial charge in [-0.3, -0.25) is 4.39 Å². The monoisotopic (exact) mass is 277 g/mol. The fraction of sp³-hybridized carbons (Fsp3) is 0.357. The van der Waals surface area contributed by atoms with Crippen molar-refractivity contribution in [1.82, 2.24) is 4.98 Å². The van der Waals surface area contributed by atoms with Gasteiger partial charge in [0.05, 0.1) is 6.67 Å². The Kier molecular flexibility index (Phi) is 4.69. The van der Waals surface area contributed by atoms with Gasteiger partial charge in [-0.1, -0.05) is 11.9 Å². The Morgan fingerprint density at radius 1 is 1.42 bits per heavy atom. The van der Waals surface area contributed by atoms with Crippen LogP contribution in [-0.2, 0) is 0 Å². The van der Waals surface area contributed by atoms with Crippen molar-refractivity contribution in [2.45, 2.75) is 19.8 Å². The Labute approximate surface area is 116 Å². The van der Waals surface area contributed by atoms with Crippen molar-refractivity contribution in [3.63, 3.8) is 0 Å². The lowest BCUT2D eigenvalue weighted by Crippen LogP contribution is -1.90. The first-order valence-corrected chi connectivity index (χ1v) is 7.21. The summed E-state index contributed by atoms with van der Waals surface area (Å²) in [5.41, 5.74) is 3.57. The normalized spacial score (nSPS) is 10.6. The van der Waals surface area contributed by atoms with Crippen LogP contribution in [0, 0.1) is 18.3 Å². The standard InChI is InChI=1S/C14H16FN3S/c1-10-12-8-11(18-19-7-3-2-6-15)4-5-13(12)17-14(10)9-16/h4-5,8,17-18H,2-3,6-7H2,1H3. The molecule has 1 aromatic heterocycles. The average molecular weight is 277 g/mol. The molecule has 0 radical (unpaired) electrons. The van der Waals surface area contributed by atoms with Crippen LogP contribution in [0.2, 0.25) is 0 Å². The number of hydrogen-bond acceptors (Lipinski definition) is 3. The fourth-order valence-corrected chi connectivity index (χ4v) is 2.65. The number of anilines is 1. The second-order valence-electron chi connectivity index (χ2n) is 4.34. The number of rotatable bonds is 6. The highest BCUT2D eigenvalue weighted by Gasteiger charge is 2.07. The molecule has 0 aliphatic rings. The first-order chi connectivity index (χ1) is 9.26. The minimum atomic E-state index is -0.244. The predicted octanol–water partition coefficient (Wildman–Crippen LogP) is 4.16. The number of H-pyrrole nitrogens is 1. The Morgan fingerprint density at radius 2 is 2.26 bits per heavy atom. The summed E-state index contributed by atoms with van der Waals surface area (Å²) in [6.07, 6.45) is 1.49. The molecule has 0 amide bonds. The quantitative estimate of drug-likeness (QED) is 0.616. The lowest BCUT2D eigenvalue weighted by atomic mass is 10.1. The van der Waals surface area contributed by atoms with Gasteiger partial charge in [0.1, 0.15) is 11.8 Å². The van der Waals surface area contributed by atoms with E-state index in [1.165, 1.54) is 0 Å². The Hall–Kier alpha value is -1.67. The Balaban J connectivity index is 2.05. The Bertz CT molecular complexity index is 600. The number of benzene rings is 1. The van der Waals surface area contributed by atoms with E-state index in [4.69, 9.17) is 5.26 Å². The molecule has 100 valence electrons. The largest absolute Gasteiger partial charge is 0.346 e. The van der Waals surface area contributed by atoms with Crippen LogP contribution in [0.1, 0.15) is 24.1 Å². The van der Waals surface area contributed by atoms with Crippen LogP contribution in [0.15, 0.2) is 18.2 Å². The zero-order valence-corrected chi connectivity index (χ0v) is 11.6. The van der Waals surface area contributed by atoms with Gasteiger partial charge in [0.25, 0.3) is 0 Å². The van der Waals surface area contributed by atoms with Gasteiger partial charge in [0.2, 0.25) is 0 Å². The number of nitriles is 1. The first kappa shape index (κ1) is 13.8. The summed E-state index contributed by atoms with van der Waals surface area (Å²) in [5, 5.41) is 10.0. The lowest BCUT2D eigenvalue weighted by Gasteiger charge is -2.05. The lowest BCUT2D eigenvalue weighted by molar-refractivity contribution is 0.470. The zero-order valence-electron chi connectivity index (χ0n) is 10.8. The molecular formula is C14H16FN3S. The van der Waals surface area contributed by atoms with E-state index in [9.17, 15) is 4.39 Å². The van der Waals surface area contributed by atoms with Gasteiger partial charge in [-0.2, -0.15) is 5.26 Å². The smallest absolute Gasteiger partial charge is 0.121 e. The minimum Gasteiger partial charge on any atom is -0.346 e. The third-order valence-electron chi connectivity index (χ3n) is 2.99. The van der Waals surface area contributed by atoms with E-state index < -0.39 is 0 Å². The van der Waals surface area contributed by atoms with E-state index in [2.05, 4.69) is 15.8 Å². The summed E-state index contributed by atoms with van der Waals surface area (Å²) >= 11 is 1.58. The number of alkyl halides is 1. The van der Waals surface area contributed by atoms with Crippen molar-refractivity contribution < 1.29 is 4.39 Å². The molecular weight excluding hydrogens is 261 g/mol. The molecule has 0 atom stereocenters. The van der Waals surface area contributed by atoms with Crippen LogP contribution in [0.4, 0.5) is 10.1 Å². The highest BCUT2D eigenvalue weighted by atomic mass is 32.2. The van der Waals surface area contributed by atoms with Crippen molar-refractivity contribution in [2.24, 2.45) is 0 Å². The number of aromatic amines is 1. The van der Waals surface area contributed by atoms with E-state index in [1.54, 1.807) is 11.9 Å². The molecule has 0 unspecified atom stereocenters. The highest BCUT2D eigenvalue weighted by Crippen LogP contribution is 2.25. The number of aryl methyl sites for hydroxylation is 1. The number of nitrogens with zero attached hydrogens (tertiary/aromatic N) is 1. The topological polar surface area (TPSA) is 51.6 Å². The number of halogens is 1. The number of nitrogens with one attached hydrogen (secondary N) is 2. The molecule has 0 fully saturated rings. The molecule has 2 N–H and O–H groups in total. The summed E-state index contributed by atoms with van der Waals surface area (Å²) in [6, 6.07) is 8.13. The summed E-state index contributed by atoms with van der Waals surface area (Å²) in [6.45, 7) is 1.70. The molecule has 0 saturated carbocycles. The zero-order chi connectivity index (χ0) is 13.7. The molecule has 0 saturated heterocycles. The molecule has 3 nitrogen and oxygen atoms in total. The number of aromatic nitrogens is 1. The van der Waals surface area contributed by atoms with Gasteiger partial charge in [-0.05, 0) is 43.5 Å². The van der Waals surface area contributed by atoms with E-state index in [0.717, 1.165) is 34.3 Å². The van der Waals surface area contributed by atoms with Crippen LogP contribution in [-0.4, -0.2) is 17.4 Å². The van der Waals surface area contributed by atoms with Crippen molar-refractivity contribution >= 4 is 28.5 Å². The second-order valence-corrected chi connectivity index (χ2v) is 5.24. The minimum absolute atomic E-state index is 0.244. The van der Waals surface area contributed by atoms with Crippen molar-refractivity contribution in [2.75, 3.05) is 17.1 Å². The molecule has 19 heavy (non-hydrogen) atoms. The number of hydrogen-bond donors (Lipinski definition) is 2. The average Bonchev–Trinajstić information content (AvgIpc) is 2.75. The molecule has 0 aliphatic heterocycles. The van der Waals surface area contributed by atoms with Crippen LogP contribution in [0.5, 0.6) is 0 Å². The van der Waals surface area contributed by atoms with Gasteiger partial charge in [0.15, 0.2) is 0 Å². The van der Waals surface area contributed by atoms with E-state index in [-0.39, 0.29) is 6.67 Å². The summed E-state index contributed by atoms with van der Waals surface area (Å²) < 4.78 is 15.2. The van der Waals surface area contributed by atoms with Crippen LogP contribution < -0.4 is 4.72 Å². The third kappa shape index (κ3) is 3.21. The van der Waals surface area contributed by atoms with Crippen molar-refractivity contribution in [1.29, 1.82) is 5.26 Å². The fourth-order valence-electron chi connectivity index (χ4n) is 1.90. The Morgan fingerprint density at radius 3 is 3.00 bits per heavy atom. The maximum absolute atomic E-state index is 11.9. The predicted molar refractivity (Wildman–Crippen MR) is 79.0 cm³/mol. The van der Waals surface area contributed by atoms with Crippen LogP contribution >= 0.6 is 11.9 Å². The number of fused-ring (bicyclic) bond motifs is 1. The molecule has 2 aromatic rings. The molecule has 5 heteroatoms. The van der Waals surface area contributed by atoms with E-state index in [1.807, 2.05) is 25.1 Å². The second kappa shape index (κ2) is 6.48. The maximum Gasteiger partial charge on any atom is 0.121 e. The molecule has 1 heterocycles. The van der Waals surface area contributed by atoms with E-state index in [0.29, 0.717) is 12.1 Å². The van der Waals surface area contributed by atoms with Crippen molar-refractivity contribution in [3.05, 3.63) is 29.5 Å². The summed E-state index contributed by atoms with van der Waals surface area (Å²) in [4.78, 5) is 3.09. The molecule has 2 rings (SSSR count). The van der Waals surface area contributed by atoms with E-state index >= 15 is 0 Å². The molecule has 0 spiro atoms. The van der Waals surface area contributed by atoms with Crippen molar-refractivity contribution in [3.8, 4) is 6.07 Å². The highest BCUT2D eigenvalue weighted by molar-refractivity contribution is 8.00. The molecule has 0 bridgehead atoms. The van der Waals surface area contributed by atoms with Gasteiger partial charge in [-0.15, -0.1) is 0 Å². The SMILES string of the molecule is Cc1c(C#N)[nH]c2ccc(NSCCCCF)cc12. The van der Waals surface area contributed by atoms with Gasteiger partial charge < -0.3 is 9.71 Å². The van der Waals surface area contributed by atoms with Gasteiger partial charge in [-0.25, -0.2) is 0 Å². The van der Waals surface area contributed by atoms with Gasteiger partial charge >= 0.3 is 0 Å². The summed E-state index contributed by atoms with van der Waals surface area (Å²) in [5.74, 6) is 0.886. The third-order valence-corrected chi connectivity index (χ3v) is 3.86. The maximum atomic E-state index is 11.9. The first-order valence-electron chi connectivity index (χ1n) is 6.22. The van der Waals surface area contributed by atoms with Crippen LogP contribution in [0.3, 0.4) is 0 Å². The molecule has 1 aromatic carbocycles. The van der Waals surface area contributed by atoms with Crippen LogP contribution in [0.25, 0.3) is 10.9 Å². The number of unbranched alkanes of at least 4 members (excludes halogenated alkanes) is 1. The van der Waals surface area contributed by atoms with Gasteiger partial charge in [0, 0.05) is 22.3 Å². The molecule has 0 aliphatic carbocycles.